The third-order valence-corrected chi connectivity index (χ3v) is 3.99. The lowest BCUT2D eigenvalue weighted by molar-refractivity contribution is 0.0699. The molecule has 0 radical (unpaired) electrons. The van der Waals surface area contributed by atoms with Crippen LogP contribution in [-0.4, -0.2) is 16.1 Å². The molecular formula is C18H25NO2. The Hall–Kier alpha value is -1.77. The SMILES string of the molecule is CCCCCCCCCc1cc2cccc(C(=O)O)c2[nH]1. The molecule has 1 aromatic heterocycles. The predicted molar refractivity (Wildman–Crippen MR) is 87.0 cm³/mol. The Labute approximate surface area is 126 Å². The van der Waals surface area contributed by atoms with Crippen LogP contribution in [0, 0.1) is 0 Å². The van der Waals surface area contributed by atoms with Crippen molar-refractivity contribution in [3.63, 3.8) is 0 Å². The Morgan fingerprint density at radius 2 is 1.81 bits per heavy atom. The van der Waals surface area contributed by atoms with E-state index in [1.54, 1.807) is 12.1 Å². The van der Waals surface area contributed by atoms with Crippen LogP contribution in [0.1, 0.15) is 67.9 Å². The lowest BCUT2D eigenvalue weighted by atomic mass is 10.1. The second-order valence-corrected chi connectivity index (χ2v) is 5.74. The molecule has 3 nitrogen and oxygen atoms in total. The molecule has 0 fully saturated rings. The highest BCUT2D eigenvalue weighted by atomic mass is 16.4. The molecule has 21 heavy (non-hydrogen) atoms. The number of carboxylic acids is 1. The molecule has 0 spiro atoms. The molecule has 3 heteroatoms. The molecule has 2 N–H and O–H groups in total. The van der Waals surface area contributed by atoms with Gasteiger partial charge in [-0.3, -0.25) is 0 Å². The topological polar surface area (TPSA) is 53.1 Å². The molecule has 0 amide bonds. The first-order valence-electron chi connectivity index (χ1n) is 8.06. The van der Waals surface area contributed by atoms with Crippen molar-refractivity contribution in [1.82, 2.24) is 4.98 Å². The van der Waals surface area contributed by atoms with Crippen LogP contribution in [-0.2, 0) is 6.42 Å². The summed E-state index contributed by atoms with van der Waals surface area (Å²) < 4.78 is 0. The monoisotopic (exact) mass is 287 g/mol. The number of aromatic carboxylic acids is 1. The lowest BCUT2D eigenvalue weighted by Crippen LogP contribution is -1.96. The maximum absolute atomic E-state index is 11.2. The van der Waals surface area contributed by atoms with Gasteiger partial charge in [-0.05, 0) is 25.0 Å². The van der Waals surface area contributed by atoms with E-state index in [-0.39, 0.29) is 0 Å². The van der Waals surface area contributed by atoms with Gasteiger partial charge in [0.2, 0.25) is 0 Å². The molecule has 114 valence electrons. The molecule has 2 aromatic rings. The molecular weight excluding hydrogens is 262 g/mol. The van der Waals surface area contributed by atoms with Gasteiger partial charge in [-0.15, -0.1) is 0 Å². The van der Waals surface area contributed by atoms with Crippen molar-refractivity contribution in [2.75, 3.05) is 0 Å². The molecule has 0 aliphatic heterocycles. The van der Waals surface area contributed by atoms with Crippen molar-refractivity contribution in [3.8, 4) is 0 Å². The molecule has 1 heterocycles. The van der Waals surface area contributed by atoms with Gasteiger partial charge in [0.25, 0.3) is 0 Å². The van der Waals surface area contributed by atoms with Crippen LogP contribution in [0.4, 0.5) is 0 Å². The van der Waals surface area contributed by atoms with Crippen LogP contribution in [0.25, 0.3) is 10.9 Å². The van der Waals surface area contributed by atoms with Gasteiger partial charge >= 0.3 is 5.97 Å². The average molecular weight is 287 g/mol. The highest BCUT2D eigenvalue weighted by Crippen LogP contribution is 2.21. The zero-order valence-corrected chi connectivity index (χ0v) is 12.8. The van der Waals surface area contributed by atoms with Crippen molar-refractivity contribution in [2.45, 2.75) is 58.3 Å². The number of para-hydroxylation sites is 1. The van der Waals surface area contributed by atoms with Crippen molar-refractivity contribution in [2.24, 2.45) is 0 Å². The largest absolute Gasteiger partial charge is 0.478 e. The fourth-order valence-corrected chi connectivity index (χ4v) is 2.80. The number of rotatable bonds is 9. The number of unbranched alkanes of at least 4 members (excludes halogenated alkanes) is 6. The molecule has 2 rings (SSSR count). The Morgan fingerprint density at radius 3 is 2.52 bits per heavy atom. The van der Waals surface area contributed by atoms with Crippen LogP contribution < -0.4 is 0 Å². The number of fused-ring (bicyclic) bond motifs is 1. The van der Waals surface area contributed by atoms with E-state index in [1.807, 2.05) is 6.07 Å². The van der Waals surface area contributed by atoms with Crippen LogP contribution in [0.2, 0.25) is 0 Å². The number of aryl methyl sites for hydroxylation is 1. The number of aromatic amines is 1. The minimum Gasteiger partial charge on any atom is -0.478 e. The first-order chi connectivity index (χ1) is 10.2. The summed E-state index contributed by atoms with van der Waals surface area (Å²) in [5.74, 6) is -0.870. The number of carbonyl (C=O) groups is 1. The normalized spacial score (nSPS) is 11.1. The van der Waals surface area contributed by atoms with Gasteiger partial charge in [0.05, 0.1) is 11.1 Å². The van der Waals surface area contributed by atoms with Crippen molar-refractivity contribution >= 4 is 16.9 Å². The van der Waals surface area contributed by atoms with Crippen LogP contribution >= 0.6 is 0 Å². The first kappa shape index (κ1) is 15.6. The summed E-state index contributed by atoms with van der Waals surface area (Å²) in [5, 5.41) is 10.2. The molecule has 0 atom stereocenters. The second-order valence-electron chi connectivity index (χ2n) is 5.74. The number of hydrogen-bond donors (Lipinski definition) is 2. The van der Waals surface area contributed by atoms with E-state index in [2.05, 4.69) is 18.0 Å². The quantitative estimate of drug-likeness (QED) is 0.626. The van der Waals surface area contributed by atoms with Crippen LogP contribution in [0.3, 0.4) is 0 Å². The van der Waals surface area contributed by atoms with Gasteiger partial charge in [0.15, 0.2) is 0 Å². The minimum atomic E-state index is -0.870. The van der Waals surface area contributed by atoms with E-state index in [9.17, 15) is 9.90 Å². The van der Waals surface area contributed by atoms with Gasteiger partial charge in [-0.25, -0.2) is 4.79 Å². The lowest BCUT2D eigenvalue weighted by Gasteiger charge is -2.00. The summed E-state index contributed by atoms with van der Waals surface area (Å²) in [4.78, 5) is 14.5. The number of aromatic nitrogens is 1. The first-order valence-corrected chi connectivity index (χ1v) is 8.06. The maximum Gasteiger partial charge on any atom is 0.337 e. The Morgan fingerprint density at radius 1 is 1.10 bits per heavy atom. The molecule has 0 aliphatic carbocycles. The van der Waals surface area contributed by atoms with Gasteiger partial charge < -0.3 is 10.1 Å². The van der Waals surface area contributed by atoms with Gasteiger partial charge in [-0.1, -0.05) is 57.6 Å². The Kier molecular flexibility index (Phi) is 5.85. The number of benzene rings is 1. The summed E-state index contributed by atoms with van der Waals surface area (Å²) in [6, 6.07) is 7.50. The van der Waals surface area contributed by atoms with Crippen LogP contribution in [0.15, 0.2) is 24.3 Å². The smallest absolute Gasteiger partial charge is 0.337 e. The highest BCUT2D eigenvalue weighted by Gasteiger charge is 2.10. The third kappa shape index (κ3) is 4.35. The van der Waals surface area contributed by atoms with E-state index < -0.39 is 5.97 Å². The van der Waals surface area contributed by atoms with E-state index in [1.165, 1.54) is 44.9 Å². The summed E-state index contributed by atoms with van der Waals surface area (Å²) >= 11 is 0. The summed E-state index contributed by atoms with van der Waals surface area (Å²) in [7, 11) is 0. The molecule has 0 saturated heterocycles. The zero-order valence-electron chi connectivity index (χ0n) is 12.8. The predicted octanol–water partition coefficient (Wildman–Crippen LogP) is 5.16. The van der Waals surface area contributed by atoms with E-state index >= 15 is 0 Å². The number of hydrogen-bond acceptors (Lipinski definition) is 1. The molecule has 1 aromatic carbocycles. The van der Waals surface area contributed by atoms with Gasteiger partial charge in [0.1, 0.15) is 0 Å². The van der Waals surface area contributed by atoms with Crippen molar-refractivity contribution in [3.05, 3.63) is 35.5 Å². The maximum atomic E-state index is 11.2. The summed E-state index contributed by atoms with van der Waals surface area (Å²) in [6.45, 7) is 2.24. The number of carboxylic acid groups (broad SMARTS) is 1. The zero-order chi connectivity index (χ0) is 15.1. The van der Waals surface area contributed by atoms with Crippen molar-refractivity contribution in [1.29, 1.82) is 0 Å². The minimum absolute atomic E-state index is 0.360. The Balaban J connectivity index is 1.86. The second kappa shape index (κ2) is 7.87. The number of nitrogens with one attached hydrogen (secondary N) is 1. The third-order valence-electron chi connectivity index (χ3n) is 3.99. The van der Waals surface area contributed by atoms with Crippen LogP contribution in [0.5, 0.6) is 0 Å². The molecule has 0 bridgehead atoms. The van der Waals surface area contributed by atoms with E-state index in [4.69, 9.17) is 0 Å². The molecule has 0 saturated carbocycles. The van der Waals surface area contributed by atoms with E-state index in [0.29, 0.717) is 5.56 Å². The Bertz CT molecular complexity index is 586. The standard InChI is InChI=1S/C18H25NO2/c1-2-3-4-5-6-7-8-11-15-13-14-10-9-12-16(18(20)21)17(14)19-15/h9-10,12-13,19H,2-8,11H2,1H3,(H,20,21). The average Bonchev–Trinajstić information content (AvgIpc) is 2.88. The molecule has 0 unspecified atom stereocenters. The van der Waals surface area contributed by atoms with E-state index in [0.717, 1.165) is 23.0 Å². The van der Waals surface area contributed by atoms with Gasteiger partial charge in [-0.2, -0.15) is 0 Å². The summed E-state index contributed by atoms with van der Waals surface area (Å²) in [5.41, 5.74) is 2.26. The fraction of sp³-hybridized carbons (Fsp3) is 0.500. The molecule has 0 aliphatic rings. The summed E-state index contributed by atoms with van der Waals surface area (Å²) in [6.07, 6.45) is 10.1. The number of H-pyrrole nitrogens is 1. The fourth-order valence-electron chi connectivity index (χ4n) is 2.80. The van der Waals surface area contributed by atoms with Gasteiger partial charge in [0, 0.05) is 11.1 Å². The van der Waals surface area contributed by atoms with Crippen molar-refractivity contribution < 1.29 is 9.90 Å². The highest BCUT2D eigenvalue weighted by molar-refractivity contribution is 6.02.